The van der Waals surface area contributed by atoms with Gasteiger partial charge in [-0.2, -0.15) is 8.42 Å². The first-order chi connectivity index (χ1) is 12.2. The summed E-state index contributed by atoms with van der Waals surface area (Å²) >= 11 is 0. The Balaban J connectivity index is 2.05. The van der Waals surface area contributed by atoms with E-state index in [4.69, 9.17) is 0 Å². The summed E-state index contributed by atoms with van der Waals surface area (Å²) < 4.78 is 32.4. The molecule has 0 radical (unpaired) electrons. The Hall–Kier alpha value is -1.89. The molecule has 6 heteroatoms. The maximum atomic E-state index is 11.5. The van der Waals surface area contributed by atoms with Crippen LogP contribution >= 0.6 is 0 Å². The van der Waals surface area contributed by atoms with Gasteiger partial charge >= 0.3 is 0 Å². The van der Waals surface area contributed by atoms with Crippen LogP contribution in [0.3, 0.4) is 0 Å². The van der Waals surface area contributed by atoms with Crippen molar-refractivity contribution in [1.29, 1.82) is 0 Å². The zero-order chi connectivity index (χ0) is 19.3. The lowest BCUT2D eigenvalue weighted by Crippen LogP contribution is -2.39. The van der Waals surface area contributed by atoms with Crippen molar-refractivity contribution < 1.29 is 13.0 Å². The standard InChI is InChI=1S/C20H28N2O3S/c1-14(2)19(13-21-18-10-15(3)9-16(4)11-18)22-12-17-7-5-6-8-20(17)26(23,24)25/h5-11,14,19,21-22H,12-13H2,1-4H3,(H,23,24,25)/t19-/m1/s1. The Morgan fingerprint density at radius 3 is 2.23 bits per heavy atom. The Morgan fingerprint density at radius 2 is 1.65 bits per heavy atom. The topological polar surface area (TPSA) is 78.4 Å². The predicted octanol–water partition coefficient (Wildman–Crippen LogP) is 3.78. The fourth-order valence-electron chi connectivity index (χ4n) is 2.99. The molecule has 0 aliphatic rings. The normalized spacial score (nSPS) is 13.0. The summed E-state index contributed by atoms with van der Waals surface area (Å²) in [6.07, 6.45) is 0. The van der Waals surface area contributed by atoms with Crippen molar-refractivity contribution in [2.45, 2.75) is 45.2 Å². The van der Waals surface area contributed by atoms with Crippen molar-refractivity contribution in [2.75, 3.05) is 11.9 Å². The van der Waals surface area contributed by atoms with Gasteiger partial charge in [0.15, 0.2) is 0 Å². The average molecular weight is 377 g/mol. The van der Waals surface area contributed by atoms with Gasteiger partial charge < -0.3 is 10.6 Å². The first kappa shape index (κ1) is 20.4. The molecule has 2 aromatic carbocycles. The second kappa shape index (κ2) is 8.66. The molecule has 0 saturated heterocycles. The third-order valence-electron chi connectivity index (χ3n) is 4.36. The molecule has 5 nitrogen and oxygen atoms in total. The van der Waals surface area contributed by atoms with Gasteiger partial charge in [-0.05, 0) is 54.7 Å². The SMILES string of the molecule is Cc1cc(C)cc(NC[C@@H](NCc2ccccc2S(=O)(=O)O)C(C)C)c1. The van der Waals surface area contributed by atoms with Crippen molar-refractivity contribution in [1.82, 2.24) is 5.32 Å². The highest BCUT2D eigenvalue weighted by Gasteiger charge is 2.17. The fraction of sp³-hybridized carbons (Fsp3) is 0.400. The molecule has 0 aliphatic heterocycles. The van der Waals surface area contributed by atoms with Crippen LogP contribution in [0.2, 0.25) is 0 Å². The molecule has 142 valence electrons. The van der Waals surface area contributed by atoms with E-state index >= 15 is 0 Å². The number of aryl methyl sites for hydroxylation is 2. The van der Waals surface area contributed by atoms with Gasteiger partial charge in [0.1, 0.15) is 0 Å². The summed E-state index contributed by atoms with van der Waals surface area (Å²) in [6, 6.07) is 13.0. The number of nitrogens with one attached hydrogen (secondary N) is 2. The van der Waals surface area contributed by atoms with Crippen molar-refractivity contribution in [3.63, 3.8) is 0 Å². The molecule has 0 saturated carbocycles. The average Bonchev–Trinajstić information content (AvgIpc) is 2.53. The second-order valence-corrected chi connectivity index (χ2v) is 8.46. The van der Waals surface area contributed by atoms with E-state index in [0.717, 1.165) is 5.69 Å². The Morgan fingerprint density at radius 1 is 1.04 bits per heavy atom. The Labute approximate surface area is 156 Å². The van der Waals surface area contributed by atoms with Gasteiger partial charge in [-0.15, -0.1) is 0 Å². The molecule has 0 amide bonds. The van der Waals surface area contributed by atoms with Gasteiger partial charge in [0, 0.05) is 24.8 Å². The summed E-state index contributed by atoms with van der Waals surface area (Å²) in [4.78, 5) is -0.0442. The highest BCUT2D eigenvalue weighted by molar-refractivity contribution is 7.85. The maximum Gasteiger partial charge on any atom is 0.294 e. The zero-order valence-corrected chi connectivity index (χ0v) is 16.6. The van der Waals surface area contributed by atoms with Gasteiger partial charge in [-0.25, -0.2) is 0 Å². The van der Waals surface area contributed by atoms with Gasteiger partial charge in [0.05, 0.1) is 4.90 Å². The summed E-state index contributed by atoms with van der Waals surface area (Å²) in [7, 11) is -4.22. The molecule has 0 aromatic heterocycles. The number of anilines is 1. The number of rotatable bonds is 8. The Bertz CT molecular complexity index is 828. The van der Waals surface area contributed by atoms with Crippen molar-refractivity contribution >= 4 is 15.8 Å². The molecular formula is C20H28N2O3S. The molecule has 0 fully saturated rings. The second-order valence-electron chi connectivity index (χ2n) is 7.07. The third kappa shape index (κ3) is 5.83. The lowest BCUT2D eigenvalue weighted by molar-refractivity contribution is 0.410. The number of hydrogen-bond donors (Lipinski definition) is 3. The largest absolute Gasteiger partial charge is 0.383 e. The van der Waals surface area contributed by atoms with Crippen molar-refractivity contribution in [3.05, 3.63) is 59.2 Å². The summed E-state index contributed by atoms with van der Waals surface area (Å²) in [5.41, 5.74) is 4.06. The summed E-state index contributed by atoms with van der Waals surface area (Å²) in [5, 5.41) is 6.87. The van der Waals surface area contributed by atoms with E-state index in [9.17, 15) is 13.0 Å². The lowest BCUT2D eigenvalue weighted by Gasteiger charge is -2.24. The quantitative estimate of drug-likeness (QED) is 0.611. The fourth-order valence-corrected chi connectivity index (χ4v) is 3.71. The van der Waals surface area contributed by atoms with Crippen LogP contribution in [0.5, 0.6) is 0 Å². The number of hydrogen-bond acceptors (Lipinski definition) is 4. The van der Waals surface area contributed by atoms with E-state index in [0.29, 0.717) is 24.6 Å². The predicted molar refractivity (Wildman–Crippen MR) is 106 cm³/mol. The molecule has 3 N–H and O–H groups in total. The maximum absolute atomic E-state index is 11.5. The molecule has 0 unspecified atom stereocenters. The van der Waals surface area contributed by atoms with E-state index < -0.39 is 10.1 Å². The van der Waals surface area contributed by atoms with Crippen LogP contribution in [0.1, 0.15) is 30.5 Å². The first-order valence-corrected chi connectivity index (χ1v) is 10.2. The van der Waals surface area contributed by atoms with Crippen LogP contribution in [-0.2, 0) is 16.7 Å². The minimum absolute atomic E-state index is 0.0442. The monoisotopic (exact) mass is 376 g/mol. The highest BCUT2D eigenvalue weighted by Crippen LogP contribution is 2.17. The zero-order valence-electron chi connectivity index (χ0n) is 15.8. The Kier molecular flexibility index (Phi) is 6.81. The highest BCUT2D eigenvalue weighted by atomic mass is 32.2. The van der Waals surface area contributed by atoms with E-state index in [-0.39, 0.29) is 10.9 Å². The van der Waals surface area contributed by atoms with Crippen LogP contribution in [0, 0.1) is 19.8 Å². The van der Waals surface area contributed by atoms with Crippen LogP contribution in [0.15, 0.2) is 47.4 Å². The van der Waals surface area contributed by atoms with Gasteiger partial charge in [-0.1, -0.05) is 38.1 Å². The summed E-state index contributed by atoms with van der Waals surface area (Å²) in [6.45, 7) is 9.47. The van der Waals surface area contributed by atoms with E-state index in [1.54, 1.807) is 18.2 Å². The molecule has 0 aliphatic carbocycles. The lowest BCUT2D eigenvalue weighted by atomic mass is 10.0. The van der Waals surface area contributed by atoms with E-state index in [1.807, 2.05) is 0 Å². The van der Waals surface area contributed by atoms with Gasteiger partial charge in [0.2, 0.25) is 0 Å². The summed E-state index contributed by atoms with van der Waals surface area (Å²) in [5.74, 6) is 0.353. The molecule has 2 rings (SSSR count). The first-order valence-electron chi connectivity index (χ1n) is 8.78. The van der Waals surface area contributed by atoms with Crippen LogP contribution in [-0.4, -0.2) is 25.6 Å². The smallest absolute Gasteiger partial charge is 0.294 e. The van der Waals surface area contributed by atoms with E-state index in [1.165, 1.54) is 17.2 Å². The minimum atomic E-state index is -4.22. The van der Waals surface area contributed by atoms with Crippen molar-refractivity contribution in [2.24, 2.45) is 5.92 Å². The van der Waals surface area contributed by atoms with Crippen molar-refractivity contribution in [3.8, 4) is 0 Å². The van der Waals surface area contributed by atoms with E-state index in [2.05, 4.69) is 56.5 Å². The van der Waals surface area contributed by atoms with Crippen LogP contribution < -0.4 is 10.6 Å². The molecule has 1 atom stereocenters. The molecule has 2 aromatic rings. The van der Waals surface area contributed by atoms with Crippen LogP contribution in [0.25, 0.3) is 0 Å². The molecule has 0 spiro atoms. The molecular weight excluding hydrogens is 348 g/mol. The third-order valence-corrected chi connectivity index (χ3v) is 5.31. The molecule has 0 bridgehead atoms. The van der Waals surface area contributed by atoms with Crippen LogP contribution in [0.4, 0.5) is 5.69 Å². The van der Waals surface area contributed by atoms with Gasteiger partial charge in [0.25, 0.3) is 10.1 Å². The number of benzene rings is 2. The molecule has 0 heterocycles. The molecule has 26 heavy (non-hydrogen) atoms. The minimum Gasteiger partial charge on any atom is -0.383 e. The van der Waals surface area contributed by atoms with Gasteiger partial charge in [-0.3, -0.25) is 4.55 Å².